The van der Waals surface area contributed by atoms with E-state index in [1.165, 1.54) is 4.88 Å². The summed E-state index contributed by atoms with van der Waals surface area (Å²) in [5.41, 5.74) is 0. The van der Waals surface area contributed by atoms with Crippen molar-refractivity contribution in [3.05, 3.63) is 10.9 Å². The van der Waals surface area contributed by atoms with Gasteiger partial charge < -0.3 is 15.3 Å². The van der Waals surface area contributed by atoms with Crippen molar-refractivity contribution in [3.8, 4) is 0 Å². The number of rotatable bonds is 4. The maximum atomic E-state index is 9.70. The summed E-state index contributed by atoms with van der Waals surface area (Å²) in [4.78, 5) is 14.0. The van der Waals surface area contributed by atoms with Crippen molar-refractivity contribution in [2.75, 3.05) is 29.9 Å². The summed E-state index contributed by atoms with van der Waals surface area (Å²) in [6, 6.07) is 2.22. The molecule has 1 aliphatic heterocycles. The lowest BCUT2D eigenvalue weighted by Crippen LogP contribution is -2.36. The van der Waals surface area contributed by atoms with Crippen molar-refractivity contribution < 1.29 is 5.11 Å². The summed E-state index contributed by atoms with van der Waals surface area (Å²) in [6.45, 7) is 6.75. The molecule has 0 aliphatic carbocycles. The number of hydrogen-bond acceptors (Lipinski definition) is 6. The molecule has 0 radical (unpaired) electrons. The van der Waals surface area contributed by atoms with E-state index in [2.05, 4.69) is 35.1 Å². The molecule has 0 saturated carbocycles. The van der Waals surface area contributed by atoms with Crippen LogP contribution in [0.4, 0.5) is 11.8 Å². The first-order valence-corrected chi connectivity index (χ1v) is 8.50. The second kappa shape index (κ2) is 6.15. The van der Waals surface area contributed by atoms with Crippen molar-refractivity contribution in [2.45, 2.75) is 39.2 Å². The van der Waals surface area contributed by atoms with Crippen LogP contribution in [0.1, 0.15) is 31.6 Å². The van der Waals surface area contributed by atoms with Gasteiger partial charge in [-0.25, -0.2) is 4.98 Å². The van der Waals surface area contributed by atoms with Gasteiger partial charge in [-0.15, -0.1) is 11.3 Å². The van der Waals surface area contributed by atoms with Crippen LogP contribution in [0, 0.1) is 0 Å². The predicted octanol–water partition coefficient (Wildman–Crippen LogP) is 2.65. The van der Waals surface area contributed by atoms with Crippen LogP contribution in [0.25, 0.3) is 10.2 Å². The Bertz CT molecular complexity index is 619. The SMILES string of the molecule is CCNc1nc(N2CCC(O)CC2)c2cc(CC)sc2n1. The Hall–Kier alpha value is -1.40. The molecule has 3 rings (SSSR count). The van der Waals surface area contributed by atoms with Crippen molar-refractivity contribution in [2.24, 2.45) is 0 Å². The van der Waals surface area contributed by atoms with E-state index < -0.39 is 0 Å². The lowest BCUT2D eigenvalue weighted by molar-refractivity contribution is 0.145. The first kappa shape index (κ1) is 14.5. The molecule has 5 nitrogen and oxygen atoms in total. The fourth-order valence-electron chi connectivity index (χ4n) is 2.69. The fraction of sp³-hybridized carbons (Fsp3) is 0.600. The van der Waals surface area contributed by atoms with Gasteiger partial charge in [-0.3, -0.25) is 0 Å². The number of piperidine rings is 1. The zero-order valence-corrected chi connectivity index (χ0v) is 13.4. The van der Waals surface area contributed by atoms with Crippen molar-refractivity contribution >= 4 is 33.3 Å². The minimum absolute atomic E-state index is 0.166. The topological polar surface area (TPSA) is 61.3 Å². The molecule has 3 heterocycles. The number of aliphatic hydroxyl groups excluding tert-OH is 1. The summed E-state index contributed by atoms with van der Waals surface area (Å²) in [7, 11) is 0. The summed E-state index contributed by atoms with van der Waals surface area (Å²) in [6.07, 6.45) is 2.48. The number of anilines is 2. The van der Waals surface area contributed by atoms with Crippen molar-refractivity contribution in [1.29, 1.82) is 0 Å². The van der Waals surface area contributed by atoms with Gasteiger partial charge >= 0.3 is 0 Å². The third-order valence-electron chi connectivity index (χ3n) is 3.87. The normalized spacial score (nSPS) is 16.6. The Kier molecular flexibility index (Phi) is 4.26. The molecule has 0 aromatic carbocycles. The van der Waals surface area contributed by atoms with Crippen molar-refractivity contribution in [1.82, 2.24) is 9.97 Å². The molecular weight excluding hydrogens is 284 g/mol. The summed E-state index contributed by atoms with van der Waals surface area (Å²) in [5, 5.41) is 14.1. The number of aryl methyl sites for hydroxylation is 1. The molecule has 6 heteroatoms. The lowest BCUT2D eigenvalue weighted by Gasteiger charge is -2.31. The quantitative estimate of drug-likeness (QED) is 0.909. The fourth-order valence-corrected chi connectivity index (χ4v) is 3.65. The minimum atomic E-state index is -0.166. The number of hydrogen-bond donors (Lipinski definition) is 2. The minimum Gasteiger partial charge on any atom is -0.393 e. The standard InChI is InChI=1S/C15H22N4OS/c1-3-11-9-12-13(19-7-5-10(20)6-8-19)17-15(16-4-2)18-14(12)21-11/h9-10,20H,3-8H2,1-2H3,(H,16,17,18). The molecule has 1 saturated heterocycles. The lowest BCUT2D eigenvalue weighted by atomic mass is 10.1. The van der Waals surface area contributed by atoms with Crippen LogP contribution < -0.4 is 10.2 Å². The highest BCUT2D eigenvalue weighted by Crippen LogP contribution is 2.33. The number of thiophene rings is 1. The Morgan fingerprint density at radius 2 is 2.10 bits per heavy atom. The van der Waals surface area contributed by atoms with E-state index in [4.69, 9.17) is 4.98 Å². The average molecular weight is 306 g/mol. The highest BCUT2D eigenvalue weighted by atomic mass is 32.1. The van der Waals surface area contributed by atoms with Gasteiger partial charge in [-0.05, 0) is 32.3 Å². The molecule has 2 aromatic rings. The highest BCUT2D eigenvalue weighted by molar-refractivity contribution is 7.18. The van der Waals surface area contributed by atoms with Crippen molar-refractivity contribution in [3.63, 3.8) is 0 Å². The van der Waals surface area contributed by atoms with E-state index in [1.807, 2.05) is 0 Å². The second-order valence-corrected chi connectivity index (χ2v) is 6.52. The molecule has 1 aliphatic rings. The Morgan fingerprint density at radius 1 is 1.33 bits per heavy atom. The molecule has 2 N–H and O–H groups in total. The summed E-state index contributed by atoms with van der Waals surface area (Å²) in [5.74, 6) is 1.72. The number of nitrogens with one attached hydrogen (secondary N) is 1. The highest BCUT2D eigenvalue weighted by Gasteiger charge is 2.22. The molecule has 0 bridgehead atoms. The zero-order chi connectivity index (χ0) is 14.8. The van der Waals surface area contributed by atoms with Gasteiger partial charge in [-0.1, -0.05) is 6.92 Å². The molecule has 2 aromatic heterocycles. The monoisotopic (exact) mass is 306 g/mol. The third kappa shape index (κ3) is 2.96. The predicted molar refractivity (Wildman–Crippen MR) is 88.4 cm³/mol. The van der Waals surface area contributed by atoms with E-state index in [0.717, 1.165) is 54.9 Å². The number of nitrogens with zero attached hydrogens (tertiary/aromatic N) is 3. The van der Waals surface area contributed by atoms with E-state index in [0.29, 0.717) is 5.95 Å². The second-order valence-electron chi connectivity index (χ2n) is 5.40. The summed E-state index contributed by atoms with van der Waals surface area (Å²) < 4.78 is 0. The van der Waals surface area contributed by atoms with Gasteiger partial charge in [0.15, 0.2) is 0 Å². The van der Waals surface area contributed by atoms with Crippen LogP contribution >= 0.6 is 11.3 Å². The smallest absolute Gasteiger partial charge is 0.226 e. The number of fused-ring (bicyclic) bond motifs is 1. The Morgan fingerprint density at radius 3 is 2.76 bits per heavy atom. The van der Waals surface area contributed by atoms with E-state index in [-0.39, 0.29) is 6.10 Å². The van der Waals surface area contributed by atoms with Gasteiger partial charge in [0.25, 0.3) is 0 Å². The van der Waals surface area contributed by atoms with Crippen LogP contribution in [0.3, 0.4) is 0 Å². The van der Waals surface area contributed by atoms with E-state index in [1.54, 1.807) is 11.3 Å². The molecule has 0 atom stereocenters. The number of aliphatic hydroxyl groups is 1. The van der Waals surface area contributed by atoms with Gasteiger partial charge in [0.2, 0.25) is 5.95 Å². The maximum Gasteiger partial charge on any atom is 0.226 e. The Labute approximate surface area is 129 Å². The van der Waals surface area contributed by atoms with Crippen LogP contribution in [0.5, 0.6) is 0 Å². The largest absolute Gasteiger partial charge is 0.393 e. The molecule has 0 amide bonds. The van der Waals surface area contributed by atoms with Gasteiger partial charge in [0.05, 0.1) is 11.5 Å². The molecule has 1 fully saturated rings. The Balaban J connectivity index is 2.03. The maximum absolute atomic E-state index is 9.70. The first-order chi connectivity index (χ1) is 10.2. The third-order valence-corrected chi connectivity index (χ3v) is 5.04. The zero-order valence-electron chi connectivity index (χ0n) is 12.6. The molecule has 0 spiro atoms. The summed E-state index contributed by atoms with van der Waals surface area (Å²) >= 11 is 1.75. The van der Waals surface area contributed by atoms with Crippen LogP contribution in [0.2, 0.25) is 0 Å². The van der Waals surface area contributed by atoms with Gasteiger partial charge in [-0.2, -0.15) is 4.98 Å². The molecule has 21 heavy (non-hydrogen) atoms. The van der Waals surface area contributed by atoms with E-state index >= 15 is 0 Å². The molecular formula is C15H22N4OS. The van der Waals surface area contributed by atoms with Crippen LogP contribution in [0.15, 0.2) is 6.07 Å². The first-order valence-electron chi connectivity index (χ1n) is 7.68. The van der Waals surface area contributed by atoms with E-state index in [9.17, 15) is 5.11 Å². The molecule has 114 valence electrons. The van der Waals surface area contributed by atoms with Crippen LogP contribution in [-0.2, 0) is 6.42 Å². The van der Waals surface area contributed by atoms with Crippen LogP contribution in [-0.4, -0.2) is 40.8 Å². The number of aromatic nitrogens is 2. The molecule has 0 unspecified atom stereocenters. The van der Waals surface area contributed by atoms with Gasteiger partial charge in [0.1, 0.15) is 10.6 Å². The van der Waals surface area contributed by atoms with Gasteiger partial charge in [0, 0.05) is 24.5 Å². The average Bonchev–Trinajstić information content (AvgIpc) is 2.91.